The lowest BCUT2D eigenvalue weighted by Crippen LogP contribution is -2.38. The molecular weight excluding hydrogens is 350 g/mol. The van der Waals surface area contributed by atoms with Gasteiger partial charge in [-0.05, 0) is 43.0 Å². The van der Waals surface area contributed by atoms with Crippen LogP contribution in [0.1, 0.15) is 23.5 Å². The predicted octanol–water partition coefficient (Wildman–Crippen LogP) is 2.60. The fraction of sp³-hybridized carbons (Fsp3) is 0.421. The Kier molecular flexibility index (Phi) is 8.24. The van der Waals surface area contributed by atoms with Gasteiger partial charge >= 0.3 is 0 Å². The van der Waals surface area contributed by atoms with Crippen molar-refractivity contribution in [2.75, 3.05) is 33.9 Å². The quantitative estimate of drug-likeness (QED) is 0.463. The zero-order valence-corrected chi connectivity index (χ0v) is 16.3. The first-order valence-electron chi connectivity index (χ1n) is 8.62. The Morgan fingerprint density at radius 3 is 2.73 bits per heavy atom. The minimum Gasteiger partial charge on any atom is -0.497 e. The molecule has 1 aromatic heterocycles. The molecule has 0 aliphatic rings. The van der Waals surface area contributed by atoms with Gasteiger partial charge in [0.15, 0.2) is 5.96 Å². The second-order valence-electron chi connectivity index (χ2n) is 5.60. The van der Waals surface area contributed by atoms with E-state index in [2.05, 4.69) is 33.1 Å². The lowest BCUT2D eigenvalue weighted by Gasteiger charge is -2.16. The van der Waals surface area contributed by atoms with Crippen molar-refractivity contribution in [2.45, 2.75) is 19.4 Å². The molecule has 0 saturated heterocycles. The molecule has 0 saturated carbocycles. The molecular formula is C19H27N3O3S. The monoisotopic (exact) mass is 377 g/mol. The smallest absolute Gasteiger partial charge is 0.191 e. The number of aliphatic hydroxyl groups is 1. The lowest BCUT2D eigenvalue weighted by molar-refractivity contribution is 0.182. The van der Waals surface area contributed by atoms with Crippen molar-refractivity contribution >= 4 is 17.3 Å². The van der Waals surface area contributed by atoms with Gasteiger partial charge in [-0.15, -0.1) is 11.3 Å². The van der Waals surface area contributed by atoms with Crippen molar-refractivity contribution < 1.29 is 14.6 Å². The van der Waals surface area contributed by atoms with Gasteiger partial charge in [-0.1, -0.05) is 6.07 Å². The number of thiophene rings is 1. The number of nitrogens with zero attached hydrogens (tertiary/aromatic N) is 1. The molecule has 0 aliphatic heterocycles. The van der Waals surface area contributed by atoms with Crippen LogP contribution in [0.5, 0.6) is 11.5 Å². The van der Waals surface area contributed by atoms with Crippen LogP contribution in [0.15, 0.2) is 40.7 Å². The van der Waals surface area contributed by atoms with Gasteiger partial charge in [0.25, 0.3) is 0 Å². The number of methoxy groups -OCH3 is 2. The maximum absolute atomic E-state index is 10.5. The Labute approximate surface area is 158 Å². The van der Waals surface area contributed by atoms with Crippen LogP contribution in [0.3, 0.4) is 0 Å². The Morgan fingerprint density at radius 2 is 2.08 bits per heavy atom. The van der Waals surface area contributed by atoms with E-state index in [9.17, 15) is 5.11 Å². The first kappa shape index (κ1) is 20.1. The number of aliphatic hydroxyl groups excluding tert-OH is 1. The first-order chi connectivity index (χ1) is 12.7. The highest BCUT2D eigenvalue weighted by Crippen LogP contribution is 2.29. The Bertz CT molecular complexity index is 689. The third-order valence-electron chi connectivity index (χ3n) is 3.81. The van der Waals surface area contributed by atoms with Crippen LogP contribution in [-0.4, -0.2) is 44.9 Å². The number of hydrogen-bond donors (Lipinski definition) is 3. The maximum Gasteiger partial charge on any atom is 0.191 e. The summed E-state index contributed by atoms with van der Waals surface area (Å²) in [6.45, 7) is 3.77. The number of ether oxygens (including phenoxy) is 2. The van der Waals surface area contributed by atoms with Crippen molar-refractivity contribution in [3.05, 3.63) is 46.2 Å². The SMILES string of the molecule is CCNC(=NCC(O)c1cc(OC)ccc1OC)NCCc1cccs1. The van der Waals surface area contributed by atoms with Crippen molar-refractivity contribution in [2.24, 2.45) is 4.99 Å². The molecule has 2 rings (SSSR count). The highest BCUT2D eigenvalue weighted by Gasteiger charge is 2.14. The largest absolute Gasteiger partial charge is 0.497 e. The van der Waals surface area contributed by atoms with E-state index >= 15 is 0 Å². The molecule has 1 unspecified atom stereocenters. The van der Waals surface area contributed by atoms with Gasteiger partial charge in [0.1, 0.15) is 17.6 Å². The predicted molar refractivity (Wildman–Crippen MR) is 107 cm³/mol. The molecule has 142 valence electrons. The van der Waals surface area contributed by atoms with Crippen molar-refractivity contribution in [3.63, 3.8) is 0 Å². The molecule has 0 aliphatic carbocycles. The normalized spacial score (nSPS) is 12.5. The molecule has 3 N–H and O–H groups in total. The summed E-state index contributed by atoms with van der Waals surface area (Å²) >= 11 is 1.74. The Hall–Kier alpha value is -2.25. The zero-order valence-electron chi connectivity index (χ0n) is 15.5. The molecule has 0 fully saturated rings. The van der Waals surface area contributed by atoms with E-state index in [0.29, 0.717) is 23.0 Å². The molecule has 7 heteroatoms. The molecule has 1 heterocycles. The van der Waals surface area contributed by atoms with Crippen LogP contribution in [0, 0.1) is 0 Å². The molecule has 6 nitrogen and oxygen atoms in total. The van der Waals surface area contributed by atoms with E-state index < -0.39 is 6.10 Å². The minimum absolute atomic E-state index is 0.220. The Morgan fingerprint density at radius 1 is 1.23 bits per heavy atom. The number of hydrogen-bond acceptors (Lipinski definition) is 5. The number of benzene rings is 1. The third kappa shape index (κ3) is 5.93. The summed E-state index contributed by atoms with van der Waals surface area (Å²) in [4.78, 5) is 5.82. The summed E-state index contributed by atoms with van der Waals surface area (Å²) in [7, 11) is 3.18. The van der Waals surface area contributed by atoms with Crippen LogP contribution >= 0.6 is 11.3 Å². The van der Waals surface area contributed by atoms with Crippen LogP contribution in [0.4, 0.5) is 0 Å². The van der Waals surface area contributed by atoms with Crippen molar-refractivity contribution in [3.8, 4) is 11.5 Å². The van der Waals surface area contributed by atoms with Gasteiger partial charge in [-0.2, -0.15) is 0 Å². The summed E-state index contributed by atoms with van der Waals surface area (Å²) < 4.78 is 10.6. The van der Waals surface area contributed by atoms with E-state index in [0.717, 1.165) is 19.5 Å². The van der Waals surface area contributed by atoms with E-state index in [-0.39, 0.29) is 6.54 Å². The second-order valence-corrected chi connectivity index (χ2v) is 6.63. The highest BCUT2D eigenvalue weighted by atomic mass is 32.1. The molecule has 26 heavy (non-hydrogen) atoms. The van der Waals surface area contributed by atoms with Crippen LogP contribution in [0.25, 0.3) is 0 Å². The zero-order chi connectivity index (χ0) is 18.8. The van der Waals surface area contributed by atoms with Crippen LogP contribution in [0.2, 0.25) is 0 Å². The van der Waals surface area contributed by atoms with E-state index in [4.69, 9.17) is 9.47 Å². The number of nitrogens with one attached hydrogen (secondary N) is 2. The lowest BCUT2D eigenvalue weighted by atomic mass is 10.1. The van der Waals surface area contributed by atoms with Gasteiger partial charge < -0.3 is 25.2 Å². The molecule has 0 spiro atoms. The minimum atomic E-state index is -0.784. The first-order valence-corrected chi connectivity index (χ1v) is 9.50. The van der Waals surface area contributed by atoms with E-state index in [1.165, 1.54) is 4.88 Å². The highest BCUT2D eigenvalue weighted by molar-refractivity contribution is 7.09. The van der Waals surface area contributed by atoms with Gasteiger partial charge in [0, 0.05) is 23.5 Å². The number of rotatable bonds is 9. The number of guanidine groups is 1. The molecule has 2 aromatic rings. The summed E-state index contributed by atoms with van der Waals surface area (Å²) in [6.07, 6.45) is 0.154. The maximum atomic E-state index is 10.5. The molecule has 0 bridgehead atoms. The average Bonchev–Trinajstić information content (AvgIpc) is 3.18. The second kappa shape index (κ2) is 10.7. The van der Waals surface area contributed by atoms with Crippen molar-refractivity contribution in [1.29, 1.82) is 0 Å². The van der Waals surface area contributed by atoms with E-state index in [1.54, 1.807) is 43.8 Å². The topological polar surface area (TPSA) is 75.1 Å². The molecule has 1 atom stereocenters. The summed E-state index contributed by atoms with van der Waals surface area (Å²) in [5, 5.41) is 19.1. The van der Waals surface area contributed by atoms with Gasteiger partial charge in [0.2, 0.25) is 0 Å². The third-order valence-corrected chi connectivity index (χ3v) is 4.74. The summed E-state index contributed by atoms with van der Waals surface area (Å²) in [6, 6.07) is 9.53. The van der Waals surface area contributed by atoms with Gasteiger partial charge in [0.05, 0.1) is 20.8 Å². The van der Waals surface area contributed by atoms with Crippen LogP contribution < -0.4 is 20.1 Å². The fourth-order valence-electron chi connectivity index (χ4n) is 2.48. The summed E-state index contributed by atoms with van der Waals surface area (Å²) in [5.74, 6) is 1.97. The molecule has 1 aromatic carbocycles. The Balaban J connectivity index is 1.98. The summed E-state index contributed by atoms with van der Waals surface area (Å²) in [5.41, 5.74) is 0.657. The number of aliphatic imine (C=N–C) groups is 1. The van der Waals surface area contributed by atoms with Gasteiger partial charge in [-0.3, -0.25) is 4.99 Å². The average molecular weight is 378 g/mol. The molecule has 0 radical (unpaired) electrons. The van der Waals surface area contributed by atoms with E-state index in [1.807, 2.05) is 6.92 Å². The van der Waals surface area contributed by atoms with Crippen molar-refractivity contribution in [1.82, 2.24) is 10.6 Å². The van der Waals surface area contributed by atoms with Crippen LogP contribution in [-0.2, 0) is 6.42 Å². The fourth-order valence-corrected chi connectivity index (χ4v) is 3.19. The standard InChI is InChI=1S/C19H27N3O3S/c1-4-20-19(21-10-9-15-6-5-11-26-15)22-13-17(23)16-12-14(24-2)7-8-18(16)25-3/h5-8,11-12,17,23H,4,9-10,13H2,1-3H3,(H2,20,21,22). The molecule has 0 amide bonds. The van der Waals surface area contributed by atoms with Gasteiger partial charge in [-0.25, -0.2) is 0 Å².